The second-order valence-corrected chi connectivity index (χ2v) is 7.01. The summed E-state index contributed by atoms with van der Waals surface area (Å²) in [5, 5.41) is 3.05. The molecule has 0 saturated carbocycles. The second kappa shape index (κ2) is 6.84. The predicted octanol–water partition coefficient (Wildman–Crippen LogP) is 3.45. The minimum Gasteiger partial charge on any atom is -0.323 e. The fraction of sp³-hybridized carbons (Fsp3) is 0.400. The summed E-state index contributed by atoms with van der Waals surface area (Å²) in [5.74, 6) is 0. The number of amides is 2. The molecule has 2 atom stereocenters. The summed E-state index contributed by atoms with van der Waals surface area (Å²) in [4.78, 5) is 21.6. The SMILES string of the molecule is CN1C2CCC1CN(C(=O)Nc1ccnc(-c3ccccc3)c1)CC2. The summed E-state index contributed by atoms with van der Waals surface area (Å²) in [7, 11) is 2.19. The summed E-state index contributed by atoms with van der Waals surface area (Å²) in [6, 6.07) is 14.9. The molecule has 2 aliphatic heterocycles. The Kier molecular flexibility index (Phi) is 4.40. The predicted molar refractivity (Wildman–Crippen MR) is 99.5 cm³/mol. The van der Waals surface area contributed by atoms with E-state index in [0.29, 0.717) is 12.1 Å². The minimum atomic E-state index is -0.00818. The fourth-order valence-electron chi connectivity index (χ4n) is 3.97. The zero-order valence-corrected chi connectivity index (χ0v) is 14.6. The van der Waals surface area contributed by atoms with Crippen LogP contribution in [0.15, 0.2) is 48.7 Å². The van der Waals surface area contributed by atoms with E-state index in [1.54, 1.807) is 6.20 Å². The molecule has 5 nitrogen and oxygen atoms in total. The molecule has 1 N–H and O–H groups in total. The first-order valence-electron chi connectivity index (χ1n) is 9.00. The third kappa shape index (κ3) is 3.37. The monoisotopic (exact) mass is 336 g/mol. The van der Waals surface area contributed by atoms with Crippen molar-refractivity contribution < 1.29 is 4.79 Å². The lowest BCUT2D eigenvalue weighted by Gasteiger charge is -2.26. The van der Waals surface area contributed by atoms with Crippen LogP contribution in [0.4, 0.5) is 10.5 Å². The number of hydrogen-bond donors (Lipinski definition) is 1. The topological polar surface area (TPSA) is 48.5 Å². The molecule has 3 heterocycles. The van der Waals surface area contributed by atoms with Crippen LogP contribution in [0.2, 0.25) is 0 Å². The van der Waals surface area contributed by atoms with Gasteiger partial charge in [-0.25, -0.2) is 4.79 Å². The number of fused-ring (bicyclic) bond motifs is 2. The van der Waals surface area contributed by atoms with E-state index >= 15 is 0 Å². The van der Waals surface area contributed by atoms with Crippen molar-refractivity contribution in [2.45, 2.75) is 31.3 Å². The van der Waals surface area contributed by atoms with Gasteiger partial charge in [-0.1, -0.05) is 30.3 Å². The van der Waals surface area contributed by atoms with Crippen LogP contribution in [0.5, 0.6) is 0 Å². The number of carbonyl (C=O) groups excluding carboxylic acids is 1. The molecule has 25 heavy (non-hydrogen) atoms. The van der Waals surface area contributed by atoms with Gasteiger partial charge in [-0.3, -0.25) is 9.88 Å². The van der Waals surface area contributed by atoms with E-state index in [0.717, 1.165) is 36.5 Å². The first kappa shape index (κ1) is 16.1. The molecule has 4 rings (SSSR count). The molecule has 2 saturated heterocycles. The molecule has 2 aliphatic rings. The largest absolute Gasteiger partial charge is 0.323 e. The fourth-order valence-corrected chi connectivity index (χ4v) is 3.97. The third-order valence-corrected chi connectivity index (χ3v) is 5.52. The number of nitrogens with zero attached hydrogens (tertiary/aromatic N) is 3. The third-order valence-electron chi connectivity index (χ3n) is 5.52. The van der Waals surface area contributed by atoms with Gasteiger partial charge in [0.2, 0.25) is 0 Å². The quantitative estimate of drug-likeness (QED) is 0.914. The molecule has 1 aromatic heterocycles. The number of likely N-dealkylation sites (tertiary alicyclic amines) is 1. The Morgan fingerprint density at radius 2 is 1.92 bits per heavy atom. The number of rotatable bonds is 2. The van der Waals surface area contributed by atoms with E-state index in [9.17, 15) is 4.79 Å². The number of carbonyl (C=O) groups is 1. The maximum Gasteiger partial charge on any atom is 0.321 e. The van der Waals surface area contributed by atoms with Gasteiger partial charge in [0, 0.05) is 42.6 Å². The highest BCUT2D eigenvalue weighted by molar-refractivity contribution is 5.90. The van der Waals surface area contributed by atoms with Gasteiger partial charge in [-0.05, 0) is 38.4 Å². The summed E-state index contributed by atoms with van der Waals surface area (Å²) in [6.07, 6.45) is 5.27. The highest BCUT2D eigenvalue weighted by Gasteiger charge is 2.35. The van der Waals surface area contributed by atoms with Gasteiger partial charge >= 0.3 is 6.03 Å². The Labute approximate surface area is 148 Å². The summed E-state index contributed by atoms with van der Waals surface area (Å²) in [6.45, 7) is 1.64. The Hall–Kier alpha value is -2.40. The van der Waals surface area contributed by atoms with Crippen molar-refractivity contribution in [3.05, 3.63) is 48.7 Å². The first-order valence-corrected chi connectivity index (χ1v) is 9.00. The van der Waals surface area contributed by atoms with E-state index in [-0.39, 0.29) is 6.03 Å². The molecular weight excluding hydrogens is 312 g/mol. The number of aromatic nitrogens is 1. The van der Waals surface area contributed by atoms with Crippen molar-refractivity contribution in [3.63, 3.8) is 0 Å². The molecular formula is C20H24N4O. The van der Waals surface area contributed by atoms with E-state index in [4.69, 9.17) is 0 Å². The molecule has 0 radical (unpaired) electrons. The van der Waals surface area contributed by atoms with Crippen LogP contribution < -0.4 is 5.32 Å². The normalized spacial score (nSPS) is 23.3. The molecule has 2 unspecified atom stereocenters. The molecule has 2 bridgehead atoms. The van der Waals surface area contributed by atoms with Crippen molar-refractivity contribution in [2.24, 2.45) is 0 Å². The van der Waals surface area contributed by atoms with Crippen molar-refractivity contribution in [1.29, 1.82) is 0 Å². The van der Waals surface area contributed by atoms with Crippen LogP contribution in [0.1, 0.15) is 19.3 Å². The van der Waals surface area contributed by atoms with Crippen LogP contribution in [-0.4, -0.2) is 53.0 Å². The van der Waals surface area contributed by atoms with Crippen LogP contribution in [-0.2, 0) is 0 Å². The molecule has 2 aromatic rings. The van der Waals surface area contributed by atoms with Gasteiger partial charge in [0.1, 0.15) is 0 Å². The smallest absolute Gasteiger partial charge is 0.321 e. The zero-order valence-electron chi connectivity index (χ0n) is 14.6. The van der Waals surface area contributed by atoms with E-state index in [2.05, 4.69) is 22.2 Å². The number of hydrogen-bond acceptors (Lipinski definition) is 3. The minimum absolute atomic E-state index is 0.00818. The lowest BCUT2D eigenvalue weighted by Crippen LogP contribution is -2.41. The Balaban J connectivity index is 1.46. The summed E-state index contributed by atoms with van der Waals surface area (Å²) < 4.78 is 0. The highest BCUT2D eigenvalue weighted by atomic mass is 16.2. The first-order chi connectivity index (χ1) is 12.2. The van der Waals surface area contributed by atoms with Crippen LogP contribution >= 0.6 is 0 Å². The molecule has 130 valence electrons. The number of benzene rings is 1. The lowest BCUT2D eigenvalue weighted by molar-refractivity contribution is 0.200. The number of pyridine rings is 1. The average Bonchev–Trinajstić information content (AvgIpc) is 2.88. The molecule has 1 aromatic carbocycles. The zero-order chi connectivity index (χ0) is 17.2. The lowest BCUT2D eigenvalue weighted by atomic mass is 10.1. The van der Waals surface area contributed by atoms with Gasteiger partial charge in [0.15, 0.2) is 0 Å². The number of likely N-dealkylation sites (N-methyl/N-ethyl adjacent to an activating group) is 1. The van der Waals surface area contributed by atoms with Crippen LogP contribution in [0, 0.1) is 0 Å². The Morgan fingerprint density at radius 3 is 2.76 bits per heavy atom. The van der Waals surface area contributed by atoms with E-state index in [1.165, 1.54) is 12.8 Å². The van der Waals surface area contributed by atoms with Gasteiger partial charge in [0.25, 0.3) is 0 Å². The molecule has 2 amide bonds. The second-order valence-electron chi connectivity index (χ2n) is 7.01. The highest BCUT2D eigenvalue weighted by Crippen LogP contribution is 2.28. The summed E-state index contributed by atoms with van der Waals surface area (Å²) in [5.41, 5.74) is 2.71. The standard InChI is InChI=1S/C20H24N4O/c1-23-17-7-8-18(23)14-24(12-10-17)20(25)22-16-9-11-21-19(13-16)15-5-3-2-4-6-15/h2-6,9,11,13,17-18H,7-8,10,12,14H2,1H3,(H,21,22,25). The van der Waals surface area contributed by atoms with Gasteiger partial charge < -0.3 is 10.2 Å². The van der Waals surface area contributed by atoms with Gasteiger partial charge in [-0.15, -0.1) is 0 Å². The van der Waals surface area contributed by atoms with Crippen molar-refractivity contribution >= 4 is 11.7 Å². The summed E-state index contributed by atoms with van der Waals surface area (Å²) >= 11 is 0. The Bertz CT molecular complexity index is 748. The number of urea groups is 1. The molecule has 5 heteroatoms. The van der Waals surface area contributed by atoms with E-state index in [1.807, 2.05) is 47.4 Å². The maximum atomic E-state index is 12.7. The van der Waals surface area contributed by atoms with Crippen molar-refractivity contribution in [2.75, 3.05) is 25.5 Å². The number of anilines is 1. The van der Waals surface area contributed by atoms with Crippen molar-refractivity contribution in [3.8, 4) is 11.3 Å². The average molecular weight is 336 g/mol. The molecule has 2 fully saturated rings. The molecule has 0 aliphatic carbocycles. The van der Waals surface area contributed by atoms with Gasteiger partial charge in [0.05, 0.1) is 5.69 Å². The van der Waals surface area contributed by atoms with Crippen molar-refractivity contribution in [1.82, 2.24) is 14.8 Å². The van der Waals surface area contributed by atoms with E-state index < -0.39 is 0 Å². The maximum absolute atomic E-state index is 12.7. The van der Waals surface area contributed by atoms with Gasteiger partial charge in [-0.2, -0.15) is 0 Å². The van der Waals surface area contributed by atoms with Crippen LogP contribution in [0.25, 0.3) is 11.3 Å². The Morgan fingerprint density at radius 1 is 1.12 bits per heavy atom. The van der Waals surface area contributed by atoms with Crippen LogP contribution in [0.3, 0.4) is 0 Å². The number of nitrogens with one attached hydrogen (secondary N) is 1. The molecule has 0 spiro atoms.